The molecule has 2 aromatic rings. The fraction of sp³-hybridized carbons (Fsp3) is 0.438. The molecule has 0 radical (unpaired) electrons. The molecule has 1 saturated carbocycles. The maximum Gasteiger partial charge on any atom is 0.162 e. The van der Waals surface area contributed by atoms with Crippen LogP contribution in [0.4, 0.5) is 5.82 Å². The summed E-state index contributed by atoms with van der Waals surface area (Å²) in [7, 11) is 0. The molecule has 1 aromatic heterocycles. The van der Waals surface area contributed by atoms with Crippen molar-refractivity contribution in [2.24, 2.45) is 11.7 Å². The molecular weight excluding hydrogens is 266 g/mol. The zero-order chi connectivity index (χ0) is 14.2. The van der Waals surface area contributed by atoms with Gasteiger partial charge in [-0.1, -0.05) is 0 Å². The standard InChI is InChI=1S/C16H19N3O2/c17-13(10-1-2-10)9-19-16-12-8-15-14(20-5-6-21-15)7-11(12)3-4-18-16/h3-4,7-8,10,13H,1-2,5-6,9,17H2,(H,18,19). The maximum atomic E-state index is 6.15. The van der Waals surface area contributed by atoms with Gasteiger partial charge in [0.1, 0.15) is 19.0 Å². The Morgan fingerprint density at radius 3 is 2.76 bits per heavy atom. The largest absolute Gasteiger partial charge is 0.486 e. The predicted octanol–water partition coefficient (Wildman–Crippen LogP) is 2.16. The van der Waals surface area contributed by atoms with E-state index >= 15 is 0 Å². The fourth-order valence-corrected chi connectivity index (χ4v) is 2.76. The van der Waals surface area contributed by atoms with Crippen LogP contribution in [-0.2, 0) is 0 Å². The Bertz CT molecular complexity index is 670. The molecule has 4 rings (SSSR count). The Morgan fingerprint density at radius 2 is 2.00 bits per heavy atom. The van der Waals surface area contributed by atoms with Gasteiger partial charge in [0.2, 0.25) is 0 Å². The quantitative estimate of drug-likeness (QED) is 0.901. The van der Waals surface area contributed by atoms with E-state index < -0.39 is 0 Å². The Labute approximate surface area is 123 Å². The molecule has 1 atom stereocenters. The second-order valence-electron chi connectivity index (χ2n) is 5.76. The maximum absolute atomic E-state index is 6.15. The lowest BCUT2D eigenvalue weighted by Crippen LogP contribution is -2.31. The van der Waals surface area contributed by atoms with Crippen LogP contribution in [0.25, 0.3) is 10.8 Å². The first-order chi connectivity index (χ1) is 10.3. The van der Waals surface area contributed by atoms with Crippen LogP contribution in [-0.4, -0.2) is 30.8 Å². The molecule has 1 fully saturated rings. The third kappa shape index (κ3) is 2.49. The zero-order valence-corrected chi connectivity index (χ0v) is 11.8. The monoisotopic (exact) mass is 285 g/mol. The number of hydrogen-bond donors (Lipinski definition) is 2. The summed E-state index contributed by atoms with van der Waals surface area (Å²) in [5.74, 6) is 3.13. The Balaban J connectivity index is 1.64. The normalized spacial score (nSPS) is 18.5. The molecule has 0 amide bonds. The number of anilines is 1. The van der Waals surface area contributed by atoms with E-state index in [0.29, 0.717) is 19.1 Å². The molecule has 1 aromatic carbocycles. The first-order valence-electron chi connectivity index (χ1n) is 7.49. The SMILES string of the molecule is NC(CNc1nccc2cc3c(cc12)OCCO3)C1CC1. The van der Waals surface area contributed by atoms with Crippen LogP contribution >= 0.6 is 0 Å². The lowest BCUT2D eigenvalue weighted by Gasteiger charge is -2.20. The van der Waals surface area contributed by atoms with E-state index in [0.717, 1.165) is 34.6 Å². The van der Waals surface area contributed by atoms with Crippen molar-refractivity contribution in [1.82, 2.24) is 4.98 Å². The van der Waals surface area contributed by atoms with Crippen molar-refractivity contribution in [1.29, 1.82) is 0 Å². The zero-order valence-electron chi connectivity index (χ0n) is 11.8. The lowest BCUT2D eigenvalue weighted by molar-refractivity contribution is 0.172. The van der Waals surface area contributed by atoms with Crippen molar-refractivity contribution in [3.8, 4) is 11.5 Å². The third-order valence-corrected chi connectivity index (χ3v) is 4.16. The van der Waals surface area contributed by atoms with Crippen LogP contribution < -0.4 is 20.5 Å². The van der Waals surface area contributed by atoms with Gasteiger partial charge in [0.25, 0.3) is 0 Å². The van der Waals surface area contributed by atoms with E-state index in [1.165, 1.54) is 12.8 Å². The Kier molecular flexibility index (Phi) is 3.07. The molecule has 0 spiro atoms. The summed E-state index contributed by atoms with van der Waals surface area (Å²) >= 11 is 0. The van der Waals surface area contributed by atoms with Gasteiger partial charge in [-0.05, 0) is 42.3 Å². The summed E-state index contributed by atoms with van der Waals surface area (Å²) in [4.78, 5) is 4.44. The summed E-state index contributed by atoms with van der Waals surface area (Å²) < 4.78 is 11.3. The van der Waals surface area contributed by atoms with Gasteiger partial charge in [-0.15, -0.1) is 0 Å². The molecule has 1 aliphatic carbocycles. The van der Waals surface area contributed by atoms with Crippen molar-refractivity contribution in [2.75, 3.05) is 25.1 Å². The summed E-state index contributed by atoms with van der Waals surface area (Å²) in [6.07, 6.45) is 4.32. The van der Waals surface area contributed by atoms with Gasteiger partial charge in [0.05, 0.1) is 0 Å². The molecule has 0 saturated heterocycles. The first kappa shape index (κ1) is 12.7. The van der Waals surface area contributed by atoms with Crippen LogP contribution in [0.15, 0.2) is 24.4 Å². The van der Waals surface area contributed by atoms with Crippen molar-refractivity contribution >= 4 is 16.6 Å². The number of aromatic nitrogens is 1. The number of fused-ring (bicyclic) bond motifs is 2. The highest BCUT2D eigenvalue weighted by molar-refractivity contribution is 5.94. The van der Waals surface area contributed by atoms with Gasteiger partial charge in [0.15, 0.2) is 11.5 Å². The lowest BCUT2D eigenvalue weighted by atomic mass is 10.1. The second kappa shape index (κ2) is 5.07. The summed E-state index contributed by atoms with van der Waals surface area (Å²) in [5, 5.41) is 5.52. The molecule has 110 valence electrons. The fourth-order valence-electron chi connectivity index (χ4n) is 2.76. The second-order valence-corrected chi connectivity index (χ2v) is 5.76. The summed E-state index contributed by atoms with van der Waals surface area (Å²) in [6.45, 7) is 1.95. The molecule has 0 bridgehead atoms. The molecular formula is C16H19N3O2. The highest BCUT2D eigenvalue weighted by atomic mass is 16.6. The van der Waals surface area contributed by atoms with E-state index in [2.05, 4.69) is 10.3 Å². The van der Waals surface area contributed by atoms with Gasteiger partial charge in [-0.2, -0.15) is 0 Å². The number of nitrogens with zero attached hydrogens (tertiary/aromatic N) is 1. The van der Waals surface area contributed by atoms with Gasteiger partial charge >= 0.3 is 0 Å². The van der Waals surface area contributed by atoms with Gasteiger partial charge < -0.3 is 20.5 Å². The molecule has 21 heavy (non-hydrogen) atoms. The summed E-state index contributed by atoms with van der Waals surface area (Å²) in [5.41, 5.74) is 6.15. The summed E-state index contributed by atoms with van der Waals surface area (Å²) in [6, 6.07) is 6.21. The van der Waals surface area contributed by atoms with Crippen molar-refractivity contribution in [3.05, 3.63) is 24.4 Å². The van der Waals surface area contributed by atoms with Crippen molar-refractivity contribution < 1.29 is 9.47 Å². The molecule has 5 heteroatoms. The van der Waals surface area contributed by atoms with Gasteiger partial charge in [-0.25, -0.2) is 4.98 Å². The highest BCUT2D eigenvalue weighted by Crippen LogP contribution is 2.37. The van der Waals surface area contributed by atoms with Crippen LogP contribution in [0.1, 0.15) is 12.8 Å². The average molecular weight is 285 g/mol. The number of pyridine rings is 1. The highest BCUT2D eigenvalue weighted by Gasteiger charge is 2.28. The van der Waals surface area contributed by atoms with E-state index in [1.807, 2.05) is 24.4 Å². The molecule has 2 heterocycles. The van der Waals surface area contributed by atoms with Crippen LogP contribution in [0, 0.1) is 5.92 Å². The molecule has 5 nitrogen and oxygen atoms in total. The Hall–Kier alpha value is -2.01. The van der Waals surface area contributed by atoms with E-state index in [-0.39, 0.29) is 6.04 Å². The minimum atomic E-state index is 0.208. The predicted molar refractivity (Wildman–Crippen MR) is 81.9 cm³/mol. The number of nitrogens with one attached hydrogen (secondary N) is 1. The minimum Gasteiger partial charge on any atom is -0.486 e. The minimum absolute atomic E-state index is 0.208. The molecule has 1 aliphatic heterocycles. The van der Waals surface area contributed by atoms with E-state index in [4.69, 9.17) is 15.2 Å². The van der Waals surface area contributed by atoms with Crippen LogP contribution in [0.3, 0.4) is 0 Å². The number of nitrogens with two attached hydrogens (primary N) is 1. The van der Waals surface area contributed by atoms with Crippen molar-refractivity contribution in [3.63, 3.8) is 0 Å². The number of benzene rings is 1. The van der Waals surface area contributed by atoms with Crippen LogP contribution in [0.2, 0.25) is 0 Å². The Morgan fingerprint density at radius 1 is 1.24 bits per heavy atom. The molecule has 2 aliphatic rings. The molecule has 1 unspecified atom stereocenters. The molecule has 3 N–H and O–H groups in total. The smallest absolute Gasteiger partial charge is 0.162 e. The number of ether oxygens (including phenoxy) is 2. The van der Waals surface area contributed by atoms with Crippen LogP contribution in [0.5, 0.6) is 11.5 Å². The van der Waals surface area contributed by atoms with Gasteiger partial charge in [-0.3, -0.25) is 0 Å². The average Bonchev–Trinajstić information content (AvgIpc) is 3.35. The first-order valence-corrected chi connectivity index (χ1v) is 7.49. The van der Waals surface area contributed by atoms with Gasteiger partial charge in [0, 0.05) is 24.2 Å². The van der Waals surface area contributed by atoms with E-state index in [1.54, 1.807) is 0 Å². The van der Waals surface area contributed by atoms with Crippen molar-refractivity contribution in [2.45, 2.75) is 18.9 Å². The van der Waals surface area contributed by atoms with E-state index in [9.17, 15) is 0 Å². The number of rotatable bonds is 4. The third-order valence-electron chi connectivity index (χ3n) is 4.16. The number of hydrogen-bond acceptors (Lipinski definition) is 5. The topological polar surface area (TPSA) is 69.4 Å².